The number of halogens is 1. The van der Waals surface area contributed by atoms with Crippen LogP contribution in [-0.2, 0) is 17.0 Å². The van der Waals surface area contributed by atoms with E-state index in [0.717, 1.165) is 66.0 Å². The lowest BCUT2D eigenvalue weighted by Crippen LogP contribution is -2.47. The second-order valence-electron chi connectivity index (χ2n) is 8.17. The molecule has 0 aliphatic carbocycles. The van der Waals surface area contributed by atoms with Crippen molar-refractivity contribution in [1.82, 2.24) is 15.2 Å². The third-order valence-electron chi connectivity index (χ3n) is 5.70. The number of nitrogens with zero attached hydrogens (tertiary/aromatic N) is 1. The Kier molecular flexibility index (Phi) is 9.28. The van der Waals surface area contributed by atoms with Crippen molar-refractivity contribution in [2.45, 2.75) is 51.9 Å². The predicted octanol–water partition coefficient (Wildman–Crippen LogP) is 3.74. The fraction of sp³-hybridized carbons (Fsp3) is 0.565. The van der Waals surface area contributed by atoms with Crippen LogP contribution >= 0.6 is 24.2 Å². The lowest BCUT2D eigenvalue weighted by Gasteiger charge is -2.26. The number of benzene rings is 1. The van der Waals surface area contributed by atoms with Gasteiger partial charge in [-0.15, -0.1) is 12.4 Å². The highest BCUT2D eigenvalue weighted by Crippen LogP contribution is 2.30. The summed E-state index contributed by atoms with van der Waals surface area (Å²) in [5.41, 5.74) is 1.80. The average molecular weight is 468 g/mol. The molecule has 6 nitrogen and oxygen atoms in total. The SMILES string of the molecule is CCN(CC)CCCNC(=O)C(C)(C)Oc1ccc2[nH]c(=O)c3c(c2c1)CCSC3.Cl. The van der Waals surface area contributed by atoms with E-state index in [9.17, 15) is 9.59 Å². The van der Waals surface area contributed by atoms with E-state index in [2.05, 4.69) is 29.0 Å². The van der Waals surface area contributed by atoms with Crippen molar-refractivity contribution in [3.8, 4) is 5.75 Å². The molecule has 1 amide bonds. The number of aryl methyl sites for hydroxylation is 1. The Morgan fingerprint density at radius 1 is 1.26 bits per heavy atom. The first kappa shape index (κ1) is 25.6. The molecule has 1 aliphatic rings. The van der Waals surface area contributed by atoms with Crippen LogP contribution in [0.5, 0.6) is 5.75 Å². The van der Waals surface area contributed by atoms with Crippen molar-refractivity contribution >= 4 is 41.0 Å². The largest absolute Gasteiger partial charge is 0.478 e. The molecule has 0 saturated heterocycles. The standard InChI is InChI=1S/C23H33N3O3S.ClH/c1-5-26(6-2)12-7-11-24-22(28)23(3,4)29-16-8-9-20-18(14-16)17-10-13-30-15-19(17)21(27)25-20;/h8-9,14H,5-7,10-13,15H2,1-4H3,(H,24,28)(H,25,27);1H. The van der Waals surface area contributed by atoms with Gasteiger partial charge in [0.25, 0.3) is 11.5 Å². The van der Waals surface area contributed by atoms with Crippen molar-refractivity contribution in [1.29, 1.82) is 0 Å². The normalized spacial score (nSPS) is 13.6. The summed E-state index contributed by atoms with van der Waals surface area (Å²) in [5.74, 6) is 2.27. The molecule has 0 unspecified atom stereocenters. The molecule has 1 aliphatic heterocycles. The van der Waals surface area contributed by atoms with E-state index in [1.807, 2.05) is 18.2 Å². The van der Waals surface area contributed by atoms with Gasteiger partial charge in [-0.25, -0.2) is 0 Å². The minimum absolute atomic E-state index is 0. The molecule has 0 atom stereocenters. The second kappa shape index (κ2) is 11.2. The van der Waals surface area contributed by atoms with Crippen molar-refractivity contribution < 1.29 is 9.53 Å². The number of hydrogen-bond acceptors (Lipinski definition) is 5. The second-order valence-corrected chi connectivity index (χ2v) is 9.28. The number of aromatic nitrogens is 1. The first-order chi connectivity index (χ1) is 14.4. The predicted molar refractivity (Wildman–Crippen MR) is 132 cm³/mol. The van der Waals surface area contributed by atoms with Gasteiger partial charge < -0.3 is 19.9 Å². The Bertz CT molecular complexity index is 957. The van der Waals surface area contributed by atoms with Gasteiger partial charge in [0.2, 0.25) is 0 Å². The third-order valence-corrected chi connectivity index (χ3v) is 6.68. The van der Waals surface area contributed by atoms with Crippen molar-refractivity contribution in [2.75, 3.05) is 31.9 Å². The molecule has 3 rings (SSSR count). The Balaban J connectivity index is 0.00000341. The quantitative estimate of drug-likeness (QED) is 0.549. The third kappa shape index (κ3) is 6.18. The minimum Gasteiger partial charge on any atom is -0.478 e. The summed E-state index contributed by atoms with van der Waals surface area (Å²) in [5, 5.41) is 4.01. The number of carbonyl (C=O) groups is 1. The molecule has 8 heteroatoms. The monoisotopic (exact) mass is 467 g/mol. The molecule has 0 bridgehead atoms. The summed E-state index contributed by atoms with van der Waals surface area (Å²) in [4.78, 5) is 30.3. The number of hydrogen-bond donors (Lipinski definition) is 2. The molecule has 0 radical (unpaired) electrons. The van der Waals surface area contributed by atoms with Gasteiger partial charge in [-0.2, -0.15) is 11.8 Å². The van der Waals surface area contributed by atoms with Gasteiger partial charge in [0.1, 0.15) is 5.75 Å². The fourth-order valence-electron chi connectivity index (χ4n) is 3.83. The smallest absolute Gasteiger partial charge is 0.263 e. The van der Waals surface area contributed by atoms with E-state index >= 15 is 0 Å². The summed E-state index contributed by atoms with van der Waals surface area (Å²) in [6.07, 6.45) is 1.79. The minimum atomic E-state index is -0.985. The highest BCUT2D eigenvalue weighted by Gasteiger charge is 2.30. The molecule has 31 heavy (non-hydrogen) atoms. The van der Waals surface area contributed by atoms with Crippen molar-refractivity contribution in [3.05, 3.63) is 39.7 Å². The van der Waals surface area contributed by atoms with Crippen LogP contribution in [0.15, 0.2) is 23.0 Å². The Morgan fingerprint density at radius 2 is 2.00 bits per heavy atom. The van der Waals surface area contributed by atoms with Crippen LogP contribution in [0.2, 0.25) is 0 Å². The van der Waals surface area contributed by atoms with Crippen LogP contribution in [0.4, 0.5) is 0 Å². The van der Waals surface area contributed by atoms with Crippen LogP contribution in [0.1, 0.15) is 45.2 Å². The molecule has 1 aromatic heterocycles. The Labute approximate surface area is 194 Å². The van der Waals surface area contributed by atoms with Crippen molar-refractivity contribution in [2.24, 2.45) is 0 Å². The zero-order valence-electron chi connectivity index (χ0n) is 18.9. The average Bonchev–Trinajstić information content (AvgIpc) is 2.74. The number of rotatable bonds is 9. The molecule has 2 N–H and O–H groups in total. The van der Waals surface area contributed by atoms with Gasteiger partial charge in [0, 0.05) is 28.8 Å². The molecular formula is C23H34ClN3O3S. The number of nitrogens with one attached hydrogen (secondary N) is 2. The molecule has 2 heterocycles. The van der Waals surface area contributed by atoms with E-state index in [0.29, 0.717) is 12.3 Å². The van der Waals surface area contributed by atoms with E-state index in [1.165, 1.54) is 0 Å². The lowest BCUT2D eigenvalue weighted by atomic mass is 10.0. The maximum atomic E-state index is 12.7. The highest BCUT2D eigenvalue weighted by molar-refractivity contribution is 7.98. The molecule has 1 aromatic carbocycles. The molecule has 0 saturated carbocycles. The Hall–Kier alpha value is -1.70. The van der Waals surface area contributed by atoms with Gasteiger partial charge in [-0.05, 0) is 75.8 Å². The summed E-state index contributed by atoms with van der Waals surface area (Å²) in [6, 6.07) is 5.64. The zero-order chi connectivity index (χ0) is 21.7. The summed E-state index contributed by atoms with van der Waals surface area (Å²) in [6.45, 7) is 11.5. The summed E-state index contributed by atoms with van der Waals surface area (Å²) in [7, 11) is 0. The Morgan fingerprint density at radius 3 is 2.71 bits per heavy atom. The molecular weight excluding hydrogens is 434 g/mol. The van der Waals surface area contributed by atoms with Crippen LogP contribution < -0.4 is 15.6 Å². The molecule has 172 valence electrons. The molecule has 0 spiro atoms. The first-order valence-corrected chi connectivity index (χ1v) is 12.0. The van der Waals surface area contributed by atoms with Crippen LogP contribution in [0.3, 0.4) is 0 Å². The number of ether oxygens (including phenoxy) is 1. The maximum Gasteiger partial charge on any atom is 0.263 e. The van der Waals surface area contributed by atoms with E-state index in [1.54, 1.807) is 25.6 Å². The van der Waals surface area contributed by atoms with Gasteiger partial charge in [-0.3, -0.25) is 9.59 Å². The number of thioether (sulfide) groups is 1. The van der Waals surface area contributed by atoms with E-state index in [4.69, 9.17) is 4.74 Å². The number of H-pyrrole nitrogens is 1. The number of fused-ring (bicyclic) bond motifs is 3. The van der Waals surface area contributed by atoms with E-state index in [-0.39, 0.29) is 23.9 Å². The van der Waals surface area contributed by atoms with E-state index < -0.39 is 5.60 Å². The molecule has 0 fully saturated rings. The lowest BCUT2D eigenvalue weighted by molar-refractivity contribution is -0.134. The topological polar surface area (TPSA) is 74.4 Å². The van der Waals surface area contributed by atoms with Crippen LogP contribution in [0.25, 0.3) is 10.9 Å². The summed E-state index contributed by atoms with van der Waals surface area (Å²) >= 11 is 1.79. The van der Waals surface area contributed by atoms with Gasteiger partial charge in [0.05, 0.1) is 0 Å². The van der Waals surface area contributed by atoms with Crippen molar-refractivity contribution in [3.63, 3.8) is 0 Å². The van der Waals surface area contributed by atoms with Gasteiger partial charge >= 0.3 is 0 Å². The van der Waals surface area contributed by atoms with Gasteiger partial charge in [0.15, 0.2) is 5.60 Å². The number of aromatic amines is 1. The highest BCUT2D eigenvalue weighted by atomic mass is 35.5. The maximum absolute atomic E-state index is 12.7. The zero-order valence-corrected chi connectivity index (χ0v) is 20.5. The number of pyridine rings is 1. The summed E-state index contributed by atoms with van der Waals surface area (Å²) < 4.78 is 6.09. The fourth-order valence-corrected chi connectivity index (χ4v) is 4.83. The van der Waals surface area contributed by atoms with Crippen LogP contribution in [0, 0.1) is 0 Å². The molecule has 2 aromatic rings. The first-order valence-electron chi connectivity index (χ1n) is 10.8. The van der Waals surface area contributed by atoms with Crippen LogP contribution in [-0.4, -0.2) is 53.3 Å². The van der Waals surface area contributed by atoms with Gasteiger partial charge in [-0.1, -0.05) is 13.8 Å². The number of carbonyl (C=O) groups excluding carboxylic acids is 1. The number of amides is 1.